The fourth-order valence-electron chi connectivity index (χ4n) is 1.63. The van der Waals surface area contributed by atoms with Gasteiger partial charge in [-0.05, 0) is 19.9 Å². The summed E-state index contributed by atoms with van der Waals surface area (Å²) in [4.78, 5) is 9.75. The average Bonchev–Trinajstić information content (AvgIpc) is 2.45. The summed E-state index contributed by atoms with van der Waals surface area (Å²) in [6, 6.07) is 5.14. The zero-order valence-electron chi connectivity index (χ0n) is 11.8. The molecule has 118 valence electrons. The molecule has 0 saturated carbocycles. The van der Waals surface area contributed by atoms with E-state index in [1.54, 1.807) is 13.8 Å². The summed E-state index contributed by atoms with van der Waals surface area (Å²) in [5, 5.41) is 10.9. The Morgan fingerprint density at radius 1 is 1.24 bits per heavy atom. The molecule has 0 radical (unpaired) electrons. The summed E-state index contributed by atoms with van der Waals surface area (Å²) < 4.78 is 37.0. The van der Waals surface area contributed by atoms with Crippen LogP contribution < -0.4 is 4.72 Å². The van der Waals surface area contributed by atoms with Gasteiger partial charge in [-0.1, -0.05) is 12.1 Å². The number of hydrogen-bond acceptors (Lipinski definition) is 6. The fraction of sp³-hybridized carbons (Fsp3) is 0.500. The molecule has 0 heterocycles. The van der Waals surface area contributed by atoms with E-state index in [-0.39, 0.29) is 11.4 Å². The first-order valence-electron chi connectivity index (χ1n) is 6.38. The summed E-state index contributed by atoms with van der Waals surface area (Å²) >= 11 is 0. The van der Waals surface area contributed by atoms with Crippen molar-refractivity contribution in [2.75, 3.05) is 19.8 Å². The molecule has 0 aliphatic carbocycles. The molecule has 1 aromatic carbocycles. The summed E-state index contributed by atoms with van der Waals surface area (Å²) in [5.41, 5.74) is -0.477. The van der Waals surface area contributed by atoms with Gasteiger partial charge in [-0.3, -0.25) is 10.1 Å². The van der Waals surface area contributed by atoms with Crippen LogP contribution in [0, 0.1) is 10.1 Å². The Kier molecular flexibility index (Phi) is 6.69. The van der Waals surface area contributed by atoms with Gasteiger partial charge in [-0.2, -0.15) is 0 Å². The Labute approximate surface area is 123 Å². The number of hydrogen-bond donors (Lipinski definition) is 1. The lowest BCUT2D eigenvalue weighted by molar-refractivity contribution is -0.387. The van der Waals surface area contributed by atoms with E-state index in [1.165, 1.54) is 18.2 Å². The number of nitrogens with zero attached hydrogens (tertiary/aromatic N) is 1. The van der Waals surface area contributed by atoms with Crippen LogP contribution in [-0.2, 0) is 19.5 Å². The number of sulfonamides is 1. The molecule has 1 aromatic rings. The Balaban J connectivity index is 2.89. The largest absolute Gasteiger partial charge is 0.352 e. The van der Waals surface area contributed by atoms with E-state index in [4.69, 9.17) is 9.47 Å². The minimum atomic E-state index is -4.02. The van der Waals surface area contributed by atoms with Gasteiger partial charge in [0.1, 0.15) is 0 Å². The average molecular weight is 318 g/mol. The quantitative estimate of drug-likeness (QED) is 0.417. The SMILES string of the molecule is CCOC(CNS(=O)(=O)c1ccccc1[N+](=O)[O-])OCC. The third-order valence-electron chi connectivity index (χ3n) is 2.50. The first-order valence-corrected chi connectivity index (χ1v) is 7.87. The first kappa shape index (κ1) is 17.5. The number of nitro benzene ring substituents is 1. The molecule has 0 amide bonds. The molecule has 0 bridgehead atoms. The zero-order valence-corrected chi connectivity index (χ0v) is 12.6. The highest BCUT2D eigenvalue weighted by molar-refractivity contribution is 7.89. The predicted octanol–water partition coefficient (Wildman–Crippen LogP) is 1.27. The molecule has 0 atom stereocenters. The minimum absolute atomic E-state index is 0.129. The number of nitrogens with one attached hydrogen (secondary N) is 1. The Bertz CT molecular complexity index is 569. The summed E-state index contributed by atoms with van der Waals surface area (Å²) in [6.07, 6.45) is -0.738. The van der Waals surface area contributed by atoms with Crippen LogP contribution in [0.4, 0.5) is 5.69 Å². The van der Waals surface area contributed by atoms with Crippen molar-refractivity contribution in [2.45, 2.75) is 25.0 Å². The van der Waals surface area contributed by atoms with Crippen molar-refractivity contribution < 1.29 is 22.8 Å². The molecule has 8 nitrogen and oxygen atoms in total. The number of para-hydroxylation sites is 1. The number of ether oxygens (including phenoxy) is 2. The summed E-state index contributed by atoms with van der Waals surface area (Å²) in [6.45, 7) is 4.09. The van der Waals surface area contributed by atoms with Gasteiger partial charge in [-0.15, -0.1) is 0 Å². The van der Waals surface area contributed by atoms with Crippen LogP contribution in [0.5, 0.6) is 0 Å². The molecular weight excluding hydrogens is 300 g/mol. The normalized spacial score (nSPS) is 11.8. The smallest absolute Gasteiger partial charge is 0.289 e. The molecule has 0 aliphatic heterocycles. The third kappa shape index (κ3) is 5.05. The standard InChI is InChI=1S/C12H18N2O6S/c1-3-19-12(20-4-2)9-13-21(17,18)11-8-6-5-7-10(11)14(15)16/h5-8,12-13H,3-4,9H2,1-2H3. The van der Waals surface area contributed by atoms with Crippen molar-refractivity contribution >= 4 is 15.7 Å². The van der Waals surface area contributed by atoms with Gasteiger partial charge in [0.25, 0.3) is 5.69 Å². The van der Waals surface area contributed by atoms with Crippen molar-refractivity contribution in [1.29, 1.82) is 0 Å². The molecule has 0 spiro atoms. The lowest BCUT2D eigenvalue weighted by Crippen LogP contribution is -2.35. The molecule has 1 N–H and O–H groups in total. The maximum absolute atomic E-state index is 12.1. The van der Waals surface area contributed by atoms with Crippen LogP contribution in [0.15, 0.2) is 29.2 Å². The third-order valence-corrected chi connectivity index (χ3v) is 3.97. The van der Waals surface area contributed by atoms with Crippen LogP contribution in [0.2, 0.25) is 0 Å². The van der Waals surface area contributed by atoms with Gasteiger partial charge < -0.3 is 9.47 Å². The maximum atomic E-state index is 12.1. The fourth-order valence-corrected chi connectivity index (χ4v) is 2.82. The summed E-state index contributed by atoms with van der Waals surface area (Å²) in [5.74, 6) is 0. The highest BCUT2D eigenvalue weighted by Gasteiger charge is 2.25. The van der Waals surface area contributed by atoms with E-state index < -0.39 is 26.9 Å². The number of nitro groups is 1. The van der Waals surface area contributed by atoms with Crippen molar-refractivity contribution in [2.24, 2.45) is 0 Å². The number of rotatable bonds is 9. The van der Waals surface area contributed by atoms with Crippen molar-refractivity contribution in [3.05, 3.63) is 34.4 Å². The Hall–Kier alpha value is -1.55. The number of benzene rings is 1. The summed E-state index contributed by atoms with van der Waals surface area (Å²) in [7, 11) is -4.02. The molecule has 21 heavy (non-hydrogen) atoms. The van der Waals surface area contributed by atoms with Crippen molar-refractivity contribution in [3.63, 3.8) is 0 Å². The zero-order chi connectivity index (χ0) is 15.9. The molecule has 0 aromatic heterocycles. The van der Waals surface area contributed by atoms with Crippen molar-refractivity contribution in [1.82, 2.24) is 4.72 Å². The van der Waals surface area contributed by atoms with E-state index in [0.717, 1.165) is 6.07 Å². The molecule has 0 aliphatic rings. The van der Waals surface area contributed by atoms with E-state index in [2.05, 4.69) is 4.72 Å². The van der Waals surface area contributed by atoms with Gasteiger partial charge in [-0.25, -0.2) is 13.1 Å². The lowest BCUT2D eigenvalue weighted by atomic mass is 10.3. The maximum Gasteiger partial charge on any atom is 0.289 e. The van der Waals surface area contributed by atoms with Crippen LogP contribution in [0.25, 0.3) is 0 Å². The van der Waals surface area contributed by atoms with Gasteiger partial charge >= 0.3 is 0 Å². The molecular formula is C12H18N2O6S. The monoisotopic (exact) mass is 318 g/mol. The molecule has 9 heteroatoms. The van der Waals surface area contributed by atoms with E-state index in [9.17, 15) is 18.5 Å². The van der Waals surface area contributed by atoms with Crippen LogP contribution >= 0.6 is 0 Å². The minimum Gasteiger partial charge on any atom is -0.352 e. The van der Waals surface area contributed by atoms with E-state index in [0.29, 0.717) is 13.2 Å². The lowest BCUT2D eigenvalue weighted by Gasteiger charge is -2.17. The molecule has 0 saturated heterocycles. The van der Waals surface area contributed by atoms with Gasteiger partial charge in [0.05, 0.1) is 11.5 Å². The van der Waals surface area contributed by atoms with E-state index >= 15 is 0 Å². The van der Waals surface area contributed by atoms with Crippen molar-refractivity contribution in [3.8, 4) is 0 Å². The van der Waals surface area contributed by atoms with Crippen LogP contribution in [0.3, 0.4) is 0 Å². The predicted molar refractivity (Wildman–Crippen MR) is 75.3 cm³/mol. The topological polar surface area (TPSA) is 108 Å². The van der Waals surface area contributed by atoms with Gasteiger partial charge in [0.15, 0.2) is 11.2 Å². The first-order chi connectivity index (χ1) is 9.92. The van der Waals surface area contributed by atoms with Crippen LogP contribution in [0.1, 0.15) is 13.8 Å². The Morgan fingerprint density at radius 3 is 2.33 bits per heavy atom. The molecule has 0 fully saturated rings. The van der Waals surface area contributed by atoms with Gasteiger partial charge in [0, 0.05) is 19.3 Å². The molecule has 0 unspecified atom stereocenters. The van der Waals surface area contributed by atoms with Crippen LogP contribution in [-0.4, -0.2) is 39.4 Å². The second-order valence-electron chi connectivity index (χ2n) is 3.92. The van der Waals surface area contributed by atoms with Gasteiger partial charge in [0.2, 0.25) is 10.0 Å². The second kappa shape index (κ2) is 8.03. The second-order valence-corrected chi connectivity index (χ2v) is 5.65. The Morgan fingerprint density at radius 2 is 1.81 bits per heavy atom. The highest BCUT2D eigenvalue weighted by atomic mass is 32.2. The highest BCUT2D eigenvalue weighted by Crippen LogP contribution is 2.22. The van der Waals surface area contributed by atoms with E-state index in [1.807, 2.05) is 0 Å². The molecule has 1 rings (SSSR count).